The zero-order valence-corrected chi connectivity index (χ0v) is 7.94. The van der Waals surface area contributed by atoms with E-state index >= 15 is 0 Å². The number of hydrogen-bond donors (Lipinski definition) is 1. The Labute approximate surface area is 74.6 Å². The van der Waals surface area contributed by atoms with Gasteiger partial charge in [0.1, 0.15) is 0 Å². The van der Waals surface area contributed by atoms with E-state index in [9.17, 15) is 4.79 Å². The molecule has 0 aliphatic heterocycles. The van der Waals surface area contributed by atoms with E-state index in [2.05, 4.69) is 0 Å². The van der Waals surface area contributed by atoms with E-state index in [-0.39, 0.29) is 25.7 Å². The van der Waals surface area contributed by atoms with E-state index in [1.54, 1.807) is 0 Å². The average Bonchev–Trinajstić information content (AvgIpc) is 2.40. The van der Waals surface area contributed by atoms with Gasteiger partial charge in [-0.3, -0.25) is 0 Å². The summed E-state index contributed by atoms with van der Waals surface area (Å²) in [6, 6.07) is 7.58. The SMILES string of the molecule is O=c1[se]c2ccccc2n1CO. The molecular formula is C8H7NO2Se. The molecule has 1 aromatic carbocycles. The molecule has 1 N–H and O–H groups in total. The van der Waals surface area contributed by atoms with E-state index < -0.39 is 0 Å². The summed E-state index contributed by atoms with van der Waals surface area (Å²) in [4.78, 5) is 11.3. The van der Waals surface area contributed by atoms with Gasteiger partial charge in [-0.15, -0.1) is 0 Å². The standard InChI is InChI=1S/C8H7NO2Se/c10-5-9-6-3-1-2-4-7(6)12-8(9)11/h1-4,10H,5H2. The van der Waals surface area contributed by atoms with Crippen LogP contribution in [-0.4, -0.2) is 24.2 Å². The van der Waals surface area contributed by atoms with Crippen molar-refractivity contribution in [3.05, 3.63) is 33.5 Å². The minimum absolute atomic E-state index is 0.0335. The molecule has 0 amide bonds. The van der Waals surface area contributed by atoms with E-state index in [1.165, 1.54) is 4.57 Å². The molecule has 0 saturated heterocycles. The van der Waals surface area contributed by atoms with Crippen LogP contribution >= 0.6 is 0 Å². The first-order valence-corrected chi connectivity index (χ1v) is 5.23. The van der Waals surface area contributed by atoms with E-state index in [0.717, 1.165) is 9.78 Å². The molecule has 4 heteroatoms. The summed E-state index contributed by atoms with van der Waals surface area (Å²) < 4.78 is 2.50. The monoisotopic (exact) mass is 229 g/mol. The summed E-state index contributed by atoms with van der Waals surface area (Å²) in [5.41, 5.74) is 0.866. The average molecular weight is 228 g/mol. The molecule has 0 aliphatic rings. The molecule has 0 unspecified atom stereocenters. The van der Waals surface area contributed by atoms with Crippen LogP contribution in [0.15, 0.2) is 29.1 Å². The molecule has 62 valence electrons. The summed E-state index contributed by atoms with van der Waals surface area (Å²) in [6.45, 7) is -0.211. The predicted octanol–water partition coefficient (Wildman–Crippen LogP) is 0.00830. The van der Waals surface area contributed by atoms with Gasteiger partial charge < -0.3 is 0 Å². The summed E-state index contributed by atoms with van der Waals surface area (Å²) in [7, 11) is 0. The summed E-state index contributed by atoms with van der Waals surface area (Å²) in [5.74, 6) is 0. The van der Waals surface area contributed by atoms with Gasteiger partial charge in [-0.05, 0) is 0 Å². The Morgan fingerprint density at radius 2 is 2.17 bits per heavy atom. The second kappa shape index (κ2) is 2.90. The van der Waals surface area contributed by atoms with Crippen molar-refractivity contribution < 1.29 is 5.11 Å². The Balaban J connectivity index is 2.91. The van der Waals surface area contributed by atoms with Crippen molar-refractivity contribution in [1.29, 1.82) is 0 Å². The topological polar surface area (TPSA) is 42.2 Å². The van der Waals surface area contributed by atoms with Gasteiger partial charge in [-0.25, -0.2) is 0 Å². The molecule has 1 aromatic heterocycles. The van der Waals surface area contributed by atoms with Crippen LogP contribution in [0.1, 0.15) is 0 Å². The first-order chi connectivity index (χ1) is 5.83. The number of fused-ring (bicyclic) bond motifs is 1. The van der Waals surface area contributed by atoms with E-state index in [0.29, 0.717) is 0 Å². The maximum atomic E-state index is 11.3. The van der Waals surface area contributed by atoms with E-state index in [1.807, 2.05) is 24.3 Å². The Morgan fingerprint density at radius 3 is 2.92 bits per heavy atom. The normalized spacial score (nSPS) is 10.8. The first-order valence-electron chi connectivity index (χ1n) is 3.52. The third kappa shape index (κ3) is 1.05. The summed E-state index contributed by atoms with van der Waals surface area (Å²) in [5, 5.41) is 8.90. The van der Waals surface area contributed by atoms with Crippen LogP contribution in [0.4, 0.5) is 0 Å². The molecule has 12 heavy (non-hydrogen) atoms. The van der Waals surface area contributed by atoms with Gasteiger partial charge in [-0.1, -0.05) is 0 Å². The van der Waals surface area contributed by atoms with Crippen LogP contribution in [0.25, 0.3) is 9.78 Å². The number of hydrogen-bond acceptors (Lipinski definition) is 2. The van der Waals surface area contributed by atoms with Crippen LogP contribution in [0, 0.1) is 0 Å². The summed E-state index contributed by atoms with van der Waals surface area (Å²) in [6.07, 6.45) is 0. The molecule has 0 saturated carbocycles. The minimum atomic E-state index is -0.211. The fourth-order valence-corrected chi connectivity index (χ4v) is 3.00. The zero-order valence-electron chi connectivity index (χ0n) is 6.23. The third-order valence-corrected chi connectivity index (χ3v) is 3.73. The third-order valence-electron chi connectivity index (χ3n) is 1.72. The summed E-state index contributed by atoms with van der Waals surface area (Å²) >= 11 is -0.140. The van der Waals surface area contributed by atoms with Crippen LogP contribution < -0.4 is 4.43 Å². The number of para-hydroxylation sites is 1. The number of aliphatic hydroxyl groups is 1. The zero-order chi connectivity index (χ0) is 8.55. The van der Waals surface area contributed by atoms with Crippen molar-refractivity contribution in [2.24, 2.45) is 0 Å². The number of rotatable bonds is 1. The molecule has 0 bridgehead atoms. The van der Waals surface area contributed by atoms with Crippen molar-refractivity contribution in [2.45, 2.75) is 6.73 Å². The molecule has 2 aromatic rings. The van der Waals surface area contributed by atoms with Gasteiger partial charge in [0, 0.05) is 0 Å². The molecule has 0 atom stereocenters. The molecular weight excluding hydrogens is 221 g/mol. The Hall–Kier alpha value is -0.831. The molecule has 0 aliphatic carbocycles. The number of aromatic nitrogens is 1. The second-order valence-electron chi connectivity index (χ2n) is 2.41. The van der Waals surface area contributed by atoms with Gasteiger partial charge in [0.15, 0.2) is 0 Å². The quantitative estimate of drug-likeness (QED) is 0.698. The fourth-order valence-electron chi connectivity index (χ4n) is 1.15. The van der Waals surface area contributed by atoms with Crippen molar-refractivity contribution in [3.8, 4) is 0 Å². The fraction of sp³-hybridized carbons (Fsp3) is 0.125. The van der Waals surface area contributed by atoms with Crippen LogP contribution in [-0.2, 0) is 6.73 Å². The maximum absolute atomic E-state index is 11.3. The Kier molecular flexibility index (Phi) is 1.89. The van der Waals surface area contributed by atoms with Crippen molar-refractivity contribution >= 4 is 24.3 Å². The van der Waals surface area contributed by atoms with Crippen LogP contribution in [0.2, 0.25) is 0 Å². The van der Waals surface area contributed by atoms with E-state index in [4.69, 9.17) is 5.11 Å². The van der Waals surface area contributed by atoms with Gasteiger partial charge in [0.2, 0.25) is 0 Å². The molecule has 0 fully saturated rings. The van der Waals surface area contributed by atoms with Crippen molar-refractivity contribution in [1.82, 2.24) is 4.57 Å². The van der Waals surface area contributed by atoms with Gasteiger partial charge in [0.25, 0.3) is 0 Å². The van der Waals surface area contributed by atoms with Crippen molar-refractivity contribution in [3.63, 3.8) is 0 Å². The van der Waals surface area contributed by atoms with Crippen molar-refractivity contribution in [2.75, 3.05) is 0 Å². The molecule has 0 spiro atoms. The van der Waals surface area contributed by atoms with Crippen LogP contribution in [0.3, 0.4) is 0 Å². The van der Waals surface area contributed by atoms with Crippen LogP contribution in [0.5, 0.6) is 0 Å². The number of benzene rings is 1. The number of nitrogens with zero attached hydrogens (tertiary/aromatic N) is 1. The molecule has 0 radical (unpaired) electrons. The molecule has 3 nitrogen and oxygen atoms in total. The van der Waals surface area contributed by atoms with Gasteiger partial charge >= 0.3 is 74.2 Å². The predicted molar refractivity (Wildman–Crippen MR) is 47.4 cm³/mol. The first kappa shape index (κ1) is 7.80. The number of aliphatic hydroxyl groups excluding tert-OH is 1. The van der Waals surface area contributed by atoms with Gasteiger partial charge in [0.05, 0.1) is 0 Å². The molecule has 1 heterocycles. The Bertz CT molecular complexity index is 457. The Morgan fingerprint density at radius 1 is 1.42 bits per heavy atom. The second-order valence-corrected chi connectivity index (χ2v) is 4.49. The van der Waals surface area contributed by atoms with Gasteiger partial charge in [-0.2, -0.15) is 0 Å². The molecule has 2 rings (SSSR count).